The van der Waals surface area contributed by atoms with E-state index in [0.717, 1.165) is 51.4 Å². The molecule has 148 valence electrons. The van der Waals surface area contributed by atoms with Gasteiger partial charge >= 0.3 is 0 Å². The van der Waals surface area contributed by atoms with Crippen LogP contribution in [0.4, 0.5) is 14.5 Å². The predicted octanol–water partition coefficient (Wildman–Crippen LogP) is 7.66. The molecule has 1 aromatic rings. The Balaban J connectivity index is 2.07. The van der Waals surface area contributed by atoms with Crippen molar-refractivity contribution in [3.05, 3.63) is 31.2 Å². The van der Waals surface area contributed by atoms with Crippen LogP contribution in [-0.4, -0.2) is 18.0 Å². The summed E-state index contributed by atoms with van der Waals surface area (Å²) in [5, 5.41) is 10.8. The lowest BCUT2D eigenvalue weighted by Crippen LogP contribution is -1.99. The number of rotatable bonds is 14. The first-order valence-electron chi connectivity index (χ1n) is 8.96. The lowest BCUT2D eigenvalue weighted by Gasteiger charge is -2.10. The average Bonchev–Trinajstić information content (AvgIpc) is 2.57. The number of nitrogens with zero attached hydrogens (tertiary/aromatic N) is 1. The maximum atomic E-state index is 12.0. The van der Waals surface area contributed by atoms with Crippen molar-refractivity contribution < 1.29 is 18.4 Å². The molecule has 0 aliphatic carbocycles. The van der Waals surface area contributed by atoms with Gasteiger partial charge < -0.3 is 4.74 Å². The number of hydrogen-bond donors (Lipinski definition) is 0. The van der Waals surface area contributed by atoms with Crippen LogP contribution in [-0.2, 0) is 0 Å². The summed E-state index contributed by atoms with van der Waals surface area (Å²) in [6.45, 7) is 0.558. The second-order valence-corrected chi connectivity index (χ2v) is 7.91. The van der Waals surface area contributed by atoms with E-state index >= 15 is 0 Å². The van der Waals surface area contributed by atoms with Crippen LogP contribution in [0.15, 0.2) is 21.1 Å². The lowest BCUT2D eigenvalue weighted by atomic mass is 10.1. The number of alkyl halides is 2. The summed E-state index contributed by atoms with van der Waals surface area (Å²) in [5.74, 6) is 0.583. The van der Waals surface area contributed by atoms with Gasteiger partial charge in [-0.15, -0.1) is 0 Å². The highest BCUT2D eigenvalue weighted by molar-refractivity contribution is 9.11. The standard InChI is InChI=1S/C18H25Br2F2NO3/c19-15-12-14(23(24)25)13-16(20)18(15)26-11-9-7-5-3-1-2-4-6-8-10-17(21)22/h12-13,17H,1-11H2. The topological polar surface area (TPSA) is 52.4 Å². The Morgan fingerprint density at radius 2 is 1.38 bits per heavy atom. The van der Waals surface area contributed by atoms with Crippen LogP contribution in [0.3, 0.4) is 0 Å². The first-order chi connectivity index (χ1) is 12.4. The lowest BCUT2D eigenvalue weighted by molar-refractivity contribution is -0.385. The smallest absolute Gasteiger partial charge is 0.271 e. The molecule has 0 aliphatic heterocycles. The van der Waals surface area contributed by atoms with Crippen molar-refractivity contribution in [3.63, 3.8) is 0 Å². The van der Waals surface area contributed by atoms with E-state index in [1.54, 1.807) is 0 Å². The molecule has 1 aromatic carbocycles. The van der Waals surface area contributed by atoms with E-state index in [4.69, 9.17) is 4.74 Å². The van der Waals surface area contributed by atoms with Gasteiger partial charge in [-0.1, -0.05) is 44.9 Å². The molecule has 0 radical (unpaired) electrons. The quantitative estimate of drug-likeness (QED) is 0.149. The Morgan fingerprint density at radius 1 is 0.923 bits per heavy atom. The van der Waals surface area contributed by atoms with Gasteiger partial charge in [-0.05, 0) is 44.7 Å². The first-order valence-corrected chi connectivity index (χ1v) is 10.5. The van der Waals surface area contributed by atoms with E-state index in [-0.39, 0.29) is 12.1 Å². The SMILES string of the molecule is O=[N+]([O-])c1cc(Br)c(OCCCCCCCCCCCC(F)F)c(Br)c1. The molecule has 0 atom stereocenters. The van der Waals surface area contributed by atoms with E-state index in [1.165, 1.54) is 12.1 Å². The number of hydrogen-bond acceptors (Lipinski definition) is 3. The van der Waals surface area contributed by atoms with E-state index < -0.39 is 11.3 Å². The summed E-state index contributed by atoms with van der Waals surface area (Å²) in [6.07, 6.45) is 6.96. The summed E-state index contributed by atoms with van der Waals surface area (Å²) in [4.78, 5) is 10.3. The van der Waals surface area contributed by atoms with Gasteiger partial charge in [0.2, 0.25) is 6.43 Å². The van der Waals surface area contributed by atoms with Crippen molar-refractivity contribution in [1.82, 2.24) is 0 Å². The van der Waals surface area contributed by atoms with Crippen molar-refractivity contribution in [2.24, 2.45) is 0 Å². The van der Waals surface area contributed by atoms with Gasteiger partial charge in [-0.25, -0.2) is 8.78 Å². The molecule has 0 aliphatic rings. The van der Waals surface area contributed by atoms with Crippen LogP contribution < -0.4 is 4.74 Å². The number of halogens is 4. The molecule has 0 fully saturated rings. The summed E-state index contributed by atoms with van der Waals surface area (Å²) >= 11 is 6.60. The Bertz CT molecular complexity index is 536. The highest BCUT2D eigenvalue weighted by atomic mass is 79.9. The summed E-state index contributed by atoms with van der Waals surface area (Å²) in [5.41, 5.74) is 0.00491. The third kappa shape index (κ3) is 9.80. The van der Waals surface area contributed by atoms with Crippen molar-refractivity contribution >= 4 is 37.5 Å². The molecule has 0 unspecified atom stereocenters. The van der Waals surface area contributed by atoms with Gasteiger partial charge in [0.1, 0.15) is 5.75 Å². The molecule has 0 aromatic heterocycles. The highest BCUT2D eigenvalue weighted by Gasteiger charge is 2.14. The van der Waals surface area contributed by atoms with E-state index in [1.807, 2.05) is 0 Å². The molecule has 0 saturated carbocycles. The van der Waals surface area contributed by atoms with E-state index in [2.05, 4.69) is 31.9 Å². The summed E-state index contributed by atoms with van der Waals surface area (Å²) in [7, 11) is 0. The van der Waals surface area contributed by atoms with Gasteiger partial charge in [0.05, 0.1) is 20.5 Å². The Morgan fingerprint density at radius 3 is 1.85 bits per heavy atom. The van der Waals surface area contributed by atoms with Crippen LogP contribution >= 0.6 is 31.9 Å². The van der Waals surface area contributed by atoms with Crippen molar-refractivity contribution in [2.75, 3.05) is 6.61 Å². The highest BCUT2D eigenvalue weighted by Crippen LogP contribution is 2.37. The molecule has 0 heterocycles. The molecule has 0 saturated heterocycles. The first kappa shape index (κ1) is 23.3. The van der Waals surface area contributed by atoms with Gasteiger partial charge in [0, 0.05) is 18.6 Å². The molecular weight excluding hydrogens is 476 g/mol. The van der Waals surface area contributed by atoms with Crippen LogP contribution in [0.25, 0.3) is 0 Å². The Hall–Kier alpha value is -0.760. The van der Waals surface area contributed by atoms with Crippen molar-refractivity contribution in [1.29, 1.82) is 0 Å². The average molecular weight is 501 g/mol. The minimum Gasteiger partial charge on any atom is -0.491 e. The largest absolute Gasteiger partial charge is 0.491 e. The molecule has 8 heteroatoms. The van der Waals surface area contributed by atoms with Crippen molar-refractivity contribution in [3.8, 4) is 5.75 Å². The number of unbranched alkanes of at least 4 members (excludes halogenated alkanes) is 8. The van der Waals surface area contributed by atoms with Gasteiger partial charge in [-0.2, -0.15) is 0 Å². The zero-order valence-electron chi connectivity index (χ0n) is 14.7. The molecule has 0 N–H and O–H groups in total. The van der Waals surface area contributed by atoms with Gasteiger partial charge in [0.15, 0.2) is 0 Å². The molecule has 0 amide bonds. The third-order valence-corrected chi connectivity index (χ3v) is 5.19. The fourth-order valence-electron chi connectivity index (χ4n) is 2.60. The zero-order chi connectivity index (χ0) is 19.4. The fourth-order valence-corrected chi connectivity index (χ4v) is 3.99. The number of nitro benzene ring substituents is 1. The van der Waals surface area contributed by atoms with E-state index in [0.29, 0.717) is 27.7 Å². The molecule has 26 heavy (non-hydrogen) atoms. The van der Waals surface area contributed by atoms with Gasteiger partial charge in [0.25, 0.3) is 5.69 Å². The van der Waals surface area contributed by atoms with E-state index in [9.17, 15) is 18.9 Å². The third-order valence-electron chi connectivity index (χ3n) is 4.01. The maximum Gasteiger partial charge on any atom is 0.271 e. The van der Waals surface area contributed by atoms with Crippen LogP contribution in [0.5, 0.6) is 5.75 Å². The number of nitro groups is 1. The minimum atomic E-state index is -2.16. The number of non-ortho nitro benzene ring substituents is 1. The van der Waals surface area contributed by atoms with Crippen LogP contribution in [0, 0.1) is 10.1 Å². The zero-order valence-corrected chi connectivity index (χ0v) is 17.9. The monoisotopic (exact) mass is 499 g/mol. The fraction of sp³-hybridized carbons (Fsp3) is 0.667. The van der Waals surface area contributed by atoms with Crippen molar-refractivity contribution in [2.45, 2.75) is 70.6 Å². The molecule has 1 rings (SSSR count). The molecule has 0 spiro atoms. The predicted molar refractivity (Wildman–Crippen MR) is 106 cm³/mol. The van der Waals surface area contributed by atoms with Crippen LogP contribution in [0.2, 0.25) is 0 Å². The van der Waals surface area contributed by atoms with Gasteiger partial charge in [-0.3, -0.25) is 10.1 Å². The Labute approximate surface area is 170 Å². The summed E-state index contributed by atoms with van der Waals surface area (Å²) < 4.78 is 30.8. The Kier molecular flexibility index (Phi) is 12.0. The molecular formula is C18H25Br2F2NO3. The second kappa shape index (κ2) is 13.4. The molecule has 0 bridgehead atoms. The second-order valence-electron chi connectivity index (χ2n) is 6.21. The minimum absolute atomic E-state index is 0.00491. The maximum absolute atomic E-state index is 12.0. The normalized spacial score (nSPS) is 11.1. The number of benzene rings is 1. The molecule has 4 nitrogen and oxygen atoms in total. The summed E-state index contributed by atoms with van der Waals surface area (Å²) in [6, 6.07) is 2.86. The number of ether oxygens (including phenoxy) is 1. The van der Waals surface area contributed by atoms with Crippen LogP contribution in [0.1, 0.15) is 64.2 Å².